The van der Waals surface area contributed by atoms with Crippen LogP contribution in [0.15, 0.2) is 18.2 Å². The number of amides is 1. The van der Waals surface area contributed by atoms with Crippen molar-refractivity contribution >= 4 is 17.5 Å². The zero-order chi connectivity index (χ0) is 9.84. The first-order valence-corrected chi connectivity index (χ1v) is 4.19. The number of rotatable bonds is 2. The molecule has 1 amide bonds. The molecule has 0 spiro atoms. The molecular weight excluding hydrogens is 190 g/mol. The van der Waals surface area contributed by atoms with Gasteiger partial charge in [0.05, 0.1) is 5.02 Å². The number of carbonyl (C=O) groups excluding carboxylic acids is 1. The number of halogens is 1. The molecule has 0 bridgehead atoms. The second-order valence-corrected chi connectivity index (χ2v) is 3.10. The molecule has 2 N–H and O–H groups in total. The minimum atomic E-state index is -0.0933. The van der Waals surface area contributed by atoms with E-state index >= 15 is 0 Å². The van der Waals surface area contributed by atoms with Crippen LogP contribution in [0.1, 0.15) is 12.5 Å². The predicted molar refractivity (Wildman–Crippen MR) is 50.6 cm³/mol. The van der Waals surface area contributed by atoms with Gasteiger partial charge in [0.2, 0.25) is 5.91 Å². The Kier molecular flexibility index (Phi) is 3.14. The van der Waals surface area contributed by atoms with E-state index in [9.17, 15) is 4.79 Å². The van der Waals surface area contributed by atoms with E-state index in [-0.39, 0.29) is 11.7 Å². The summed E-state index contributed by atoms with van der Waals surface area (Å²) in [5.41, 5.74) is 0.859. The van der Waals surface area contributed by atoms with E-state index in [1.807, 2.05) is 0 Å². The Morgan fingerprint density at radius 2 is 2.31 bits per heavy atom. The standard InChI is InChI=1S/C9H10ClNO2/c1-6(12)11-5-7-2-3-9(13)8(10)4-7/h2-4,13H,5H2,1H3,(H,11,12). The molecule has 1 aromatic carbocycles. The minimum Gasteiger partial charge on any atom is -0.506 e. The van der Waals surface area contributed by atoms with Gasteiger partial charge >= 0.3 is 0 Å². The molecule has 0 saturated heterocycles. The Hall–Kier alpha value is -1.22. The van der Waals surface area contributed by atoms with Gasteiger partial charge in [-0.05, 0) is 17.7 Å². The number of hydrogen-bond donors (Lipinski definition) is 2. The van der Waals surface area contributed by atoms with Gasteiger partial charge in [-0.2, -0.15) is 0 Å². The summed E-state index contributed by atoms with van der Waals surface area (Å²) in [6, 6.07) is 4.82. The smallest absolute Gasteiger partial charge is 0.217 e. The zero-order valence-corrected chi connectivity index (χ0v) is 7.93. The van der Waals surface area contributed by atoms with Gasteiger partial charge in [0, 0.05) is 13.5 Å². The molecule has 70 valence electrons. The molecule has 13 heavy (non-hydrogen) atoms. The fourth-order valence-electron chi connectivity index (χ4n) is 0.887. The van der Waals surface area contributed by atoms with Crippen molar-refractivity contribution < 1.29 is 9.90 Å². The molecule has 1 aromatic rings. The molecule has 0 heterocycles. The van der Waals surface area contributed by atoms with Crippen LogP contribution in [0, 0.1) is 0 Å². The van der Waals surface area contributed by atoms with Gasteiger partial charge in [0.1, 0.15) is 5.75 Å². The van der Waals surface area contributed by atoms with Crippen molar-refractivity contribution in [2.24, 2.45) is 0 Å². The Labute approximate surface area is 81.3 Å². The molecule has 0 aliphatic carbocycles. The molecule has 0 fully saturated rings. The molecule has 0 atom stereocenters. The van der Waals surface area contributed by atoms with E-state index in [2.05, 4.69) is 5.32 Å². The third-order valence-corrected chi connectivity index (χ3v) is 1.86. The highest BCUT2D eigenvalue weighted by molar-refractivity contribution is 6.32. The van der Waals surface area contributed by atoms with E-state index in [4.69, 9.17) is 16.7 Å². The summed E-state index contributed by atoms with van der Waals surface area (Å²) in [5.74, 6) is -0.0440. The van der Waals surface area contributed by atoms with Gasteiger partial charge in [-0.15, -0.1) is 0 Å². The van der Waals surface area contributed by atoms with E-state index < -0.39 is 0 Å². The summed E-state index contributed by atoms with van der Waals surface area (Å²) in [5, 5.41) is 12.0. The number of phenols is 1. The first-order valence-electron chi connectivity index (χ1n) is 3.81. The molecule has 0 aliphatic rings. The highest BCUT2D eigenvalue weighted by atomic mass is 35.5. The Balaban J connectivity index is 2.68. The average Bonchev–Trinajstić information content (AvgIpc) is 2.07. The van der Waals surface area contributed by atoms with E-state index in [1.165, 1.54) is 13.0 Å². The summed E-state index contributed by atoms with van der Waals surface area (Å²) in [6.07, 6.45) is 0. The second-order valence-electron chi connectivity index (χ2n) is 2.70. The number of carbonyl (C=O) groups is 1. The van der Waals surface area contributed by atoms with Crippen molar-refractivity contribution in [2.45, 2.75) is 13.5 Å². The number of nitrogens with one attached hydrogen (secondary N) is 1. The molecule has 0 aliphatic heterocycles. The summed E-state index contributed by atoms with van der Waals surface area (Å²) in [4.78, 5) is 10.6. The van der Waals surface area contributed by atoms with Crippen LogP contribution >= 0.6 is 11.6 Å². The topological polar surface area (TPSA) is 49.3 Å². The molecule has 0 aromatic heterocycles. The van der Waals surface area contributed by atoms with Crippen LogP contribution in [-0.4, -0.2) is 11.0 Å². The average molecular weight is 200 g/mol. The monoisotopic (exact) mass is 199 g/mol. The first-order chi connectivity index (χ1) is 6.09. The lowest BCUT2D eigenvalue weighted by Gasteiger charge is -2.03. The summed E-state index contributed by atoms with van der Waals surface area (Å²) < 4.78 is 0. The quantitative estimate of drug-likeness (QED) is 0.762. The van der Waals surface area contributed by atoms with Gasteiger partial charge in [0.25, 0.3) is 0 Å². The fraction of sp³-hybridized carbons (Fsp3) is 0.222. The largest absolute Gasteiger partial charge is 0.506 e. The van der Waals surface area contributed by atoms with Crippen LogP contribution < -0.4 is 5.32 Å². The van der Waals surface area contributed by atoms with Crippen molar-refractivity contribution in [2.75, 3.05) is 0 Å². The van der Waals surface area contributed by atoms with E-state index in [0.717, 1.165) is 5.56 Å². The summed E-state index contributed by atoms with van der Waals surface area (Å²) in [6.45, 7) is 1.87. The summed E-state index contributed by atoms with van der Waals surface area (Å²) in [7, 11) is 0. The lowest BCUT2D eigenvalue weighted by atomic mass is 10.2. The predicted octanol–water partition coefficient (Wildman–Crippen LogP) is 1.68. The molecule has 0 saturated carbocycles. The van der Waals surface area contributed by atoms with Crippen molar-refractivity contribution in [3.63, 3.8) is 0 Å². The van der Waals surface area contributed by atoms with Gasteiger partial charge in [-0.1, -0.05) is 17.7 Å². The van der Waals surface area contributed by atoms with Gasteiger partial charge in [0.15, 0.2) is 0 Å². The third-order valence-electron chi connectivity index (χ3n) is 1.55. The van der Waals surface area contributed by atoms with Gasteiger partial charge in [-0.3, -0.25) is 4.79 Å². The van der Waals surface area contributed by atoms with Crippen molar-refractivity contribution in [3.8, 4) is 5.75 Å². The Morgan fingerprint density at radius 1 is 1.62 bits per heavy atom. The lowest BCUT2D eigenvalue weighted by molar-refractivity contribution is -0.119. The third kappa shape index (κ3) is 2.95. The van der Waals surface area contributed by atoms with E-state index in [1.54, 1.807) is 12.1 Å². The SMILES string of the molecule is CC(=O)NCc1ccc(O)c(Cl)c1. The molecule has 0 radical (unpaired) electrons. The van der Waals surface area contributed by atoms with Crippen LogP contribution in [0.25, 0.3) is 0 Å². The maximum Gasteiger partial charge on any atom is 0.217 e. The van der Waals surface area contributed by atoms with Crippen molar-refractivity contribution in [1.82, 2.24) is 5.32 Å². The van der Waals surface area contributed by atoms with Gasteiger partial charge in [-0.25, -0.2) is 0 Å². The fourth-order valence-corrected chi connectivity index (χ4v) is 1.09. The van der Waals surface area contributed by atoms with E-state index in [0.29, 0.717) is 11.6 Å². The zero-order valence-electron chi connectivity index (χ0n) is 7.17. The number of benzene rings is 1. The molecule has 1 rings (SSSR count). The normalized spacial score (nSPS) is 9.69. The summed E-state index contributed by atoms with van der Waals surface area (Å²) >= 11 is 5.67. The highest BCUT2D eigenvalue weighted by Gasteiger charge is 1.99. The van der Waals surface area contributed by atoms with Crippen molar-refractivity contribution in [1.29, 1.82) is 0 Å². The Bertz CT molecular complexity index is 325. The minimum absolute atomic E-state index is 0.0493. The number of aromatic hydroxyl groups is 1. The molecular formula is C9H10ClNO2. The van der Waals surface area contributed by atoms with Crippen LogP contribution in [0.3, 0.4) is 0 Å². The Morgan fingerprint density at radius 3 is 2.85 bits per heavy atom. The van der Waals surface area contributed by atoms with Crippen LogP contribution in [-0.2, 0) is 11.3 Å². The number of phenolic OH excluding ortho intramolecular Hbond substituents is 1. The highest BCUT2D eigenvalue weighted by Crippen LogP contribution is 2.23. The number of hydrogen-bond acceptors (Lipinski definition) is 2. The molecule has 0 unspecified atom stereocenters. The van der Waals surface area contributed by atoms with Crippen molar-refractivity contribution in [3.05, 3.63) is 28.8 Å². The van der Waals surface area contributed by atoms with Crippen LogP contribution in [0.4, 0.5) is 0 Å². The molecule has 3 nitrogen and oxygen atoms in total. The van der Waals surface area contributed by atoms with Crippen LogP contribution in [0.5, 0.6) is 5.75 Å². The molecule has 4 heteroatoms. The lowest BCUT2D eigenvalue weighted by Crippen LogP contribution is -2.18. The second kappa shape index (κ2) is 4.14. The van der Waals surface area contributed by atoms with Crippen LogP contribution in [0.2, 0.25) is 5.02 Å². The van der Waals surface area contributed by atoms with Gasteiger partial charge < -0.3 is 10.4 Å². The first kappa shape index (κ1) is 9.86. The maximum atomic E-state index is 10.6. The maximum absolute atomic E-state index is 10.6.